The van der Waals surface area contributed by atoms with Gasteiger partial charge in [-0.15, -0.1) is 0 Å². The number of carboxylic acids is 1. The minimum absolute atomic E-state index is 0.0232. The molecule has 0 radical (unpaired) electrons. The molecular formula is C12H15NO2. The monoisotopic (exact) mass is 205 g/mol. The minimum atomic E-state index is -1.21. The zero-order valence-corrected chi connectivity index (χ0v) is 8.73. The lowest BCUT2D eigenvalue weighted by Gasteiger charge is -2.37. The summed E-state index contributed by atoms with van der Waals surface area (Å²) in [7, 11) is 0. The van der Waals surface area contributed by atoms with Gasteiger partial charge in [-0.2, -0.15) is 0 Å². The third-order valence-electron chi connectivity index (χ3n) is 3.44. The van der Waals surface area contributed by atoms with Crippen LogP contribution in [-0.2, 0) is 16.8 Å². The Morgan fingerprint density at radius 2 is 2.20 bits per heavy atom. The molecule has 2 unspecified atom stereocenters. The standard InChI is InChI=1S/C12H15NO2/c1-8-6-7-9-4-2-3-5-10(9)12(8,13)11(14)15/h2-5,8H,6-7,13H2,1H3,(H,14,15). The zero-order valence-electron chi connectivity index (χ0n) is 8.73. The molecule has 1 aliphatic rings. The Morgan fingerprint density at radius 1 is 1.53 bits per heavy atom. The molecule has 3 heteroatoms. The van der Waals surface area contributed by atoms with Crippen molar-refractivity contribution in [3.05, 3.63) is 35.4 Å². The van der Waals surface area contributed by atoms with Crippen molar-refractivity contribution in [2.45, 2.75) is 25.3 Å². The van der Waals surface area contributed by atoms with Gasteiger partial charge in [0.15, 0.2) is 0 Å². The van der Waals surface area contributed by atoms with Crippen molar-refractivity contribution in [2.75, 3.05) is 0 Å². The second-order valence-corrected chi connectivity index (χ2v) is 4.27. The largest absolute Gasteiger partial charge is 0.480 e. The van der Waals surface area contributed by atoms with Crippen LogP contribution in [0, 0.1) is 5.92 Å². The first-order valence-electron chi connectivity index (χ1n) is 5.17. The molecule has 3 nitrogen and oxygen atoms in total. The summed E-state index contributed by atoms with van der Waals surface area (Å²) >= 11 is 0. The Labute approximate surface area is 88.9 Å². The van der Waals surface area contributed by atoms with E-state index in [9.17, 15) is 9.90 Å². The van der Waals surface area contributed by atoms with Crippen LogP contribution in [0.5, 0.6) is 0 Å². The Hall–Kier alpha value is -1.35. The summed E-state index contributed by atoms with van der Waals surface area (Å²) in [6, 6.07) is 7.57. The van der Waals surface area contributed by atoms with Crippen LogP contribution >= 0.6 is 0 Å². The first kappa shape index (κ1) is 10.2. The number of carboxylic acid groups (broad SMARTS) is 1. The Bertz CT molecular complexity index is 402. The average Bonchev–Trinajstić information content (AvgIpc) is 2.23. The van der Waals surface area contributed by atoms with E-state index in [0.717, 1.165) is 24.0 Å². The molecule has 0 aromatic heterocycles. The third-order valence-corrected chi connectivity index (χ3v) is 3.44. The van der Waals surface area contributed by atoms with E-state index in [1.807, 2.05) is 31.2 Å². The number of benzene rings is 1. The van der Waals surface area contributed by atoms with Crippen molar-refractivity contribution >= 4 is 5.97 Å². The molecule has 0 aliphatic heterocycles. The zero-order chi connectivity index (χ0) is 11.1. The van der Waals surface area contributed by atoms with Gasteiger partial charge < -0.3 is 10.8 Å². The molecule has 0 saturated carbocycles. The van der Waals surface area contributed by atoms with Crippen LogP contribution in [0.1, 0.15) is 24.5 Å². The molecule has 1 aromatic carbocycles. The number of rotatable bonds is 1. The van der Waals surface area contributed by atoms with Crippen molar-refractivity contribution in [2.24, 2.45) is 11.7 Å². The molecule has 15 heavy (non-hydrogen) atoms. The number of fused-ring (bicyclic) bond motifs is 1. The van der Waals surface area contributed by atoms with Gasteiger partial charge in [0.1, 0.15) is 5.54 Å². The average molecular weight is 205 g/mol. The van der Waals surface area contributed by atoms with Crippen molar-refractivity contribution in [3.8, 4) is 0 Å². The van der Waals surface area contributed by atoms with Gasteiger partial charge in [-0.3, -0.25) is 0 Å². The molecule has 3 N–H and O–H groups in total. The molecule has 0 fully saturated rings. The van der Waals surface area contributed by atoms with E-state index >= 15 is 0 Å². The molecular weight excluding hydrogens is 190 g/mol. The van der Waals surface area contributed by atoms with Gasteiger partial charge in [0.25, 0.3) is 0 Å². The van der Waals surface area contributed by atoms with Gasteiger partial charge in [0, 0.05) is 0 Å². The van der Waals surface area contributed by atoms with Crippen LogP contribution in [0.4, 0.5) is 0 Å². The predicted octanol–water partition coefficient (Wildman–Crippen LogP) is 1.51. The molecule has 1 aliphatic carbocycles. The third kappa shape index (κ3) is 1.35. The van der Waals surface area contributed by atoms with Gasteiger partial charge in [-0.1, -0.05) is 31.2 Å². The lowest BCUT2D eigenvalue weighted by molar-refractivity contribution is -0.146. The molecule has 0 amide bonds. The molecule has 2 rings (SSSR count). The van der Waals surface area contributed by atoms with Gasteiger partial charge in [-0.25, -0.2) is 4.79 Å². The fraction of sp³-hybridized carbons (Fsp3) is 0.417. The molecule has 0 heterocycles. The summed E-state index contributed by atoms with van der Waals surface area (Å²) in [4.78, 5) is 11.3. The first-order chi connectivity index (χ1) is 7.06. The van der Waals surface area contributed by atoms with Crippen molar-refractivity contribution in [3.63, 3.8) is 0 Å². The fourth-order valence-corrected chi connectivity index (χ4v) is 2.33. The van der Waals surface area contributed by atoms with E-state index in [1.54, 1.807) is 0 Å². The normalized spacial score (nSPS) is 29.6. The second kappa shape index (κ2) is 3.35. The lowest BCUT2D eigenvalue weighted by Crippen LogP contribution is -2.52. The van der Waals surface area contributed by atoms with Crippen LogP contribution in [0.15, 0.2) is 24.3 Å². The van der Waals surface area contributed by atoms with Crippen LogP contribution in [-0.4, -0.2) is 11.1 Å². The van der Waals surface area contributed by atoms with E-state index < -0.39 is 11.5 Å². The van der Waals surface area contributed by atoms with E-state index in [1.165, 1.54) is 0 Å². The number of aryl methyl sites for hydroxylation is 1. The molecule has 2 atom stereocenters. The molecule has 0 spiro atoms. The summed E-state index contributed by atoms with van der Waals surface area (Å²) in [5.74, 6) is -0.952. The number of hydrogen-bond donors (Lipinski definition) is 2. The number of hydrogen-bond acceptors (Lipinski definition) is 2. The highest BCUT2D eigenvalue weighted by atomic mass is 16.4. The minimum Gasteiger partial charge on any atom is -0.480 e. The number of aliphatic carboxylic acids is 1. The van der Waals surface area contributed by atoms with E-state index in [4.69, 9.17) is 5.73 Å². The van der Waals surface area contributed by atoms with Gasteiger partial charge in [-0.05, 0) is 29.9 Å². The summed E-state index contributed by atoms with van der Waals surface area (Å²) in [5, 5.41) is 9.29. The van der Waals surface area contributed by atoms with E-state index in [-0.39, 0.29) is 5.92 Å². The van der Waals surface area contributed by atoms with Crippen molar-refractivity contribution < 1.29 is 9.90 Å². The summed E-state index contributed by atoms with van der Waals surface area (Å²) in [5.41, 5.74) is 6.69. The van der Waals surface area contributed by atoms with Crippen molar-refractivity contribution in [1.29, 1.82) is 0 Å². The Morgan fingerprint density at radius 3 is 2.87 bits per heavy atom. The molecule has 0 saturated heterocycles. The highest BCUT2D eigenvalue weighted by Crippen LogP contribution is 2.37. The maximum atomic E-state index is 11.3. The Balaban J connectivity index is 2.60. The van der Waals surface area contributed by atoms with Crippen molar-refractivity contribution in [1.82, 2.24) is 0 Å². The topological polar surface area (TPSA) is 63.3 Å². The van der Waals surface area contributed by atoms with Gasteiger partial charge in [0.2, 0.25) is 0 Å². The van der Waals surface area contributed by atoms with Gasteiger partial charge >= 0.3 is 5.97 Å². The summed E-state index contributed by atoms with van der Waals surface area (Å²) in [6.45, 7) is 1.91. The maximum Gasteiger partial charge on any atom is 0.328 e. The highest BCUT2D eigenvalue weighted by Gasteiger charge is 2.44. The first-order valence-corrected chi connectivity index (χ1v) is 5.17. The fourth-order valence-electron chi connectivity index (χ4n) is 2.33. The lowest BCUT2D eigenvalue weighted by atomic mass is 9.70. The maximum absolute atomic E-state index is 11.3. The SMILES string of the molecule is CC1CCc2ccccc2C1(N)C(=O)O. The summed E-state index contributed by atoms with van der Waals surface area (Å²) < 4.78 is 0. The summed E-state index contributed by atoms with van der Waals surface area (Å²) in [6.07, 6.45) is 1.75. The van der Waals surface area contributed by atoms with Crippen LogP contribution < -0.4 is 5.73 Å². The van der Waals surface area contributed by atoms with Crippen LogP contribution in [0.25, 0.3) is 0 Å². The quantitative estimate of drug-likeness (QED) is 0.730. The van der Waals surface area contributed by atoms with Crippen LogP contribution in [0.2, 0.25) is 0 Å². The molecule has 1 aromatic rings. The molecule has 0 bridgehead atoms. The predicted molar refractivity (Wildman–Crippen MR) is 57.4 cm³/mol. The highest BCUT2D eigenvalue weighted by molar-refractivity contribution is 5.82. The smallest absolute Gasteiger partial charge is 0.328 e. The molecule has 80 valence electrons. The van der Waals surface area contributed by atoms with E-state index in [0.29, 0.717) is 0 Å². The second-order valence-electron chi connectivity index (χ2n) is 4.27. The van der Waals surface area contributed by atoms with Crippen LogP contribution in [0.3, 0.4) is 0 Å². The number of carbonyl (C=O) groups is 1. The van der Waals surface area contributed by atoms with E-state index in [2.05, 4.69) is 0 Å². The van der Waals surface area contributed by atoms with Gasteiger partial charge in [0.05, 0.1) is 0 Å². The number of nitrogens with two attached hydrogens (primary N) is 1. The Kier molecular flexibility index (Phi) is 2.27.